The van der Waals surface area contributed by atoms with Crippen molar-refractivity contribution in [1.82, 2.24) is 25.1 Å². The number of aromatic nitrogens is 4. The SMILES string of the molecule is C[C@@H]1CCC[C@H](C)N1C(=O)CSc1nnnn1Cc1cccs1. The van der Waals surface area contributed by atoms with Crippen LogP contribution in [0.15, 0.2) is 22.7 Å². The zero-order valence-electron chi connectivity index (χ0n) is 13.4. The molecule has 2 aromatic rings. The first-order valence-electron chi connectivity index (χ1n) is 7.87. The van der Waals surface area contributed by atoms with Crippen LogP contribution < -0.4 is 0 Å². The predicted octanol–water partition coefficient (Wildman–Crippen LogP) is 2.66. The highest BCUT2D eigenvalue weighted by Crippen LogP contribution is 2.25. The van der Waals surface area contributed by atoms with E-state index in [2.05, 4.69) is 35.4 Å². The van der Waals surface area contributed by atoms with Gasteiger partial charge in [0.25, 0.3) is 0 Å². The monoisotopic (exact) mass is 351 g/mol. The molecule has 124 valence electrons. The van der Waals surface area contributed by atoms with E-state index in [9.17, 15) is 4.79 Å². The van der Waals surface area contributed by atoms with Gasteiger partial charge in [-0.05, 0) is 55.0 Å². The average Bonchev–Trinajstić information content (AvgIpc) is 3.17. The molecule has 1 fully saturated rings. The van der Waals surface area contributed by atoms with Crippen LogP contribution in [0.25, 0.3) is 0 Å². The molecule has 6 nitrogen and oxygen atoms in total. The van der Waals surface area contributed by atoms with Crippen LogP contribution >= 0.6 is 23.1 Å². The van der Waals surface area contributed by atoms with Gasteiger partial charge in [-0.25, -0.2) is 4.68 Å². The summed E-state index contributed by atoms with van der Waals surface area (Å²) in [4.78, 5) is 15.8. The lowest BCUT2D eigenvalue weighted by Gasteiger charge is -2.39. The fourth-order valence-electron chi connectivity index (χ4n) is 3.06. The molecule has 23 heavy (non-hydrogen) atoms. The molecule has 8 heteroatoms. The molecule has 0 saturated carbocycles. The molecule has 0 bridgehead atoms. The Morgan fingerprint density at radius 1 is 1.39 bits per heavy atom. The zero-order chi connectivity index (χ0) is 16.2. The van der Waals surface area contributed by atoms with Gasteiger partial charge in [0.1, 0.15) is 0 Å². The number of rotatable bonds is 5. The van der Waals surface area contributed by atoms with Crippen molar-refractivity contribution < 1.29 is 4.79 Å². The highest BCUT2D eigenvalue weighted by molar-refractivity contribution is 7.99. The van der Waals surface area contributed by atoms with Gasteiger partial charge in [-0.2, -0.15) is 0 Å². The number of hydrogen-bond acceptors (Lipinski definition) is 6. The number of thiophene rings is 1. The van der Waals surface area contributed by atoms with Crippen molar-refractivity contribution in [1.29, 1.82) is 0 Å². The summed E-state index contributed by atoms with van der Waals surface area (Å²) in [6.45, 7) is 4.93. The highest BCUT2D eigenvalue weighted by atomic mass is 32.2. The van der Waals surface area contributed by atoms with Gasteiger partial charge in [-0.15, -0.1) is 16.4 Å². The van der Waals surface area contributed by atoms with Crippen LogP contribution in [0.2, 0.25) is 0 Å². The summed E-state index contributed by atoms with van der Waals surface area (Å²) < 4.78 is 1.76. The summed E-state index contributed by atoms with van der Waals surface area (Å²) in [5, 5.41) is 14.6. The van der Waals surface area contributed by atoms with Gasteiger partial charge in [-0.3, -0.25) is 4.79 Å². The van der Waals surface area contributed by atoms with Crippen molar-refractivity contribution in [2.45, 2.75) is 56.9 Å². The van der Waals surface area contributed by atoms with E-state index < -0.39 is 0 Å². The third-order valence-electron chi connectivity index (χ3n) is 4.19. The van der Waals surface area contributed by atoms with Crippen LogP contribution in [0.1, 0.15) is 38.0 Å². The van der Waals surface area contributed by atoms with Gasteiger partial charge in [0.05, 0.1) is 12.3 Å². The second-order valence-corrected chi connectivity index (χ2v) is 7.89. The van der Waals surface area contributed by atoms with Crippen molar-refractivity contribution in [3.05, 3.63) is 22.4 Å². The van der Waals surface area contributed by atoms with E-state index in [1.54, 1.807) is 16.0 Å². The standard InChI is InChI=1S/C15H21N5OS2/c1-11-5-3-6-12(2)20(11)14(21)10-23-15-16-17-18-19(15)9-13-7-4-8-22-13/h4,7-8,11-12H,3,5-6,9-10H2,1-2H3/t11-,12+. The van der Waals surface area contributed by atoms with Crippen LogP contribution in [0.4, 0.5) is 0 Å². The van der Waals surface area contributed by atoms with Gasteiger partial charge in [0.2, 0.25) is 11.1 Å². The number of piperidine rings is 1. The Labute approximate surface area is 144 Å². The van der Waals surface area contributed by atoms with Crippen molar-refractivity contribution in [2.24, 2.45) is 0 Å². The Morgan fingerprint density at radius 3 is 2.87 bits per heavy atom. The van der Waals surface area contributed by atoms with Crippen LogP contribution in [-0.2, 0) is 11.3 Å². The Hall–Kier alpha value is -1.41. The number of tetrazole rings is 1. The third kappa shape index (κ3) is 3.92. The Kier molecular flexibility index (Phi) is 5.32. The third-order valence-corrected chi connectivity index (χ3v) is 5.99. The number of amides is 1. The summed E-state index contributed by atoms with van der Waals surface area (Å²) in [6, 6.07) is 4.73. The lowest BCUT2D eigenvalue weighted by Crippen LogP contribution is -2.48. The fraction of sp³-hybridized carbons (Fsp3) is 0.600. The van der Waals surface area contributed by atoms with Crippen molar-refractivity contribution in [2.75, 3.05) is 5.75 Å². The predicted molar refractivity (Wildman–Crippen MR) is 91.6 cm³/mol. The first kappa shape index (κ1) is 16.4. The molecule has 1 saturated heterocycles. The molecular formula is C15H21N5OS2. The molecule has 1 aliphatic heterocycles. The number of carbonyl (C=O) groups excluding carboxylic acids is 1. The highest BCUT2D eigenvalue weighted by Gasteiger charge is 2.29. The lowest BCUT2D eigenvalue weighted by atomic mass is 9.98. The topological polar surface area (TPSA) is 63.9 Å². The summed E-state index contributed by atoms with van der Waals surface area (Å²) in [5.41, 5.74) is 0. The van der Waals surface area contributed by atoms with Gasteiger partial charge in [0, 0.05) is 17.0 Å². The molecule has 0 aliphatic carbocycles. The quantitative estimate of drug-likeness (QED) is 0.775. The molecule has 1 amide bonds. The molecule has 2 atom stereocenters. The van der Waals surface area contributed by atoms with E-state index in [-0.39, 0.29) is 5.91 Å². The Morgan fingerprint density at radius 2 is 2.17 bits per heavy atom. The maximum atomic E-state index is 12.6. The minimum atomic E-state index is 0.181. The van der Waals surface area contributed by atoms with Gasteiger partial charge in [-0.1, -0.05) is 17.8 Å². The summed E-state index contributed by atoms with van der Waals surface area (Å²) >= 11 is 3.10. The lowest BCUT2D eigenvalue weighted by molar-refractivity contribution is -0.134. The normalized spacial score (nSPS) is 21.6. The van der Waals surface area contributed by atoms with E-state index in [0.29, 0.717) is 29.5 Å². The molecule has 0 radical (unpaired) electrons. The molecule has 0 spiro atoms. The van der Waals surface area contributed by atoms with Crippen LogP contribution in [-0.4, -0.2) is 48.9 Å². The molecule has 2 aromatic heterocycles. The zero-order valence-corrected chi connectivity index (χ0v) is 15.0. The van der Waals surface area contributed by atoms with E-state index >= 15 is 0 Å². The van der Waals surface area contributed by atoms with E-state index in [1.807, 2.05) is 16.3 Å². The Bertz CT molecular complexity index is 632. The van der Waals surface area contributed by atoms with Gasteiger partial charge >= 0.3 is 0 Å². The smallest absolute Gasteiger partial charge is 0.233 e. The fourth-order valence-corrected chi connectivity index (χ4v) is 4.49. The summed E-state index contributed by atoms with van der Waals surface area (Å²) in [7, 11) is 0. The molecule has 1 aliphatic rings. The summed E-state index contributed by atoms with van der Waals surface area (Å²) in [6.07, 6.45) is 3.39. The second-order valence-electron chi connectivity index (χ2n) is 5.92. The largest absolute Gasteiger partial charge is 0.337 e. The van der Waals surface area contributed by atoms with Crippen LogP contribution in [0, 0.1) is 0 Å². The molecule has 0 aromatic carbocycles. The first-order chi connectivity index (χ1) is 11.1. The number of hydrogen-bond donors (Lipinski definition) is 0. The Balaban J connectivity index is 1.60. The second kappa shape index (κ2) is 7.44. The number of likely N-dealkylation sites (tertiary alicyclic amines) is 1. The average molecular weight is 352 g/mol. The molecular weight excluding hydrogens is 330 g/mol. The van der Waals surface area contributed by atoms with Crippen molar-refractivity contribution in [3.63, 3.8) is 0 Å². The minimum absolute atomic E-state index is 0.181. The van der Waals surface area contributed by atoms with Gasteiger partial charge in [0.15, 0.2) is 0 Å². The molecule has 3 rings (SSSR count). The molecule has 0 unspecified atom stereocenters. The number of nitrogens with zero attached hydrogens (tertiary/aromatic N) is 5. The number of thioether (sulfide) groups is 1. The minimum Gasteiger partial charge on any atom is -0.337 e. The van der Waals surface area contributed by atoms with Crippen LogP contribution in [0.3, 0.4) is 0 Å². The van der Waals surface area contributed by atoms with Crippen LogP contribution in [0.5, 0.6) is 0 Å². The summed E-state index contributed by atoms with van der Waals surface area (Å²) in [5.74, 6) is 0.569. The van der Waals surface area contributed by atoms with Gasteiger partial charge < -0.3 is 4.90 Å². The van der Waals surface area contributed by atoms with E-state index in [1.165, 1.54) is 23.1 Å². The van der Waals surface area contributed by atoms with Crippen molar-refractivity contribution in [3.8, 4) is 0 Å². The van der Waals surface area contributed by atoms with Crippen molar-refractivity contribution >= 4 is 29.0 Å². The maximum absolute atomic E-state index is 12.6. The molecule has 0 N–H and O–H groups in total. The maximum Gasteiger partial charge on any atom is 0.233 e. The number of carbonyl (C=O) groups is 1. The first-order valence-corrected chi connectivity index (χ1v) is 9.74. The van der Waals surface area contributed by atoms with E-state index in [0.717, 1.165) is 12.8 Å². The van der Waals surface area contributed by atoms with E-state index in [4.69, 9.17) is 0 Å². The molecule has 3 heterocycles.